The summed E-state index contributed by atoms with van der Waals surface area (Å²) in [5, 5.41) is 8.10. The Morgan fingerprint density at radius 1 is 1.12 bits per heavy atom. The van der Waals surface area contributed by atoms with E-state index in [9.17, 15) is 9.59 Å². The largest absolute Gasteiger partial charge is 0.484 e. The van der Waals surface area contributed by atoms with Crippen molar-refractivity contribution in [1.29, 1.82) is 0 Å². The second kappa shape index (κ2) is 10.8. The van der Waals surface area contributed by atoms with Crippen LogP contribution in [0.4, 0.5) is 5.69 Å². The number of carbonyl (C=O) groups excluding carboxylic acids is 2. The van der Waals surface area contributed by atoms with E-state index >= 15 is 0 Å². The maximum atomic E-state index is 12.4. The highest BCUT2D eigenvalue weighted by Crippen LogP contribution is 2.21. The zero-order valence-corrected chi connectivity index (χ0v) is 19.9. The van der Waals surface area contributed by atoms with Crippen molar-refractivity contribution in [3.63, 3.8) is 0 Å². The Morgan fingerprint density at radius 3 is 2.48 bits per heavy atom. The van der Waals surface area contributed by atoms with E-state index in [-0.39, 0.29) is 18.4 Å². The minimum atomic E-state index is -0.260. The molecule has 2 amide bonds. The van der Waals surface area contributed by atoms with E-state index in [0.29, 0.717) is 23.0 Å². The van der Waals surface area contributed by atoms with Gasteiger partial charge in [-0.25, -0.2) is 0 Å². The van der Waals surface area contributed by atoms with Crippen molar-refractivity contribution < 1.29 is 14.3 Å². The molecule has 33 heavy (non-hydrogen) atoms. The van der Waals surface area contributed by atoms with Gasteiger partial charge in [0.1, 0.15) is 5.75 Å². The monoisotopic (exact) mass is 466 g/mol. The number of anilines is 1. The molecule has 1 aromatic heterocycles. The lowest BCUT2D eigenvalue weighted by molar-refractivity contribution is -0.130. The SMILES string of the molecule is Cc1nn(Cc2ccccc2Cl)c(C)c1/C=C/C(=O)Nc1ccc(OCC(=O)N(C)C)cc1. The molecule has 0 bridgehead atoms. The molecule has 0 saturated carbocycles. The first kappa shape index (κ1) is 24.1. The first-order valence-electron chi connectivity index (χ1n) is 10.4. The molecule has 3 rings (SSSR count). The van der Waals surface area contributed by atoms with Crippen LogP contribution in [-0.4, -0.2) is 47.2 Å². The Bertz CT molecular complexity index is 1170. The Labute approximate surface area is 198 Å². The van der Waals surface area contributed by atoms with Gasteiger partial charge in [-0.3, -0.25) is 14.3 Å². The molecule has 8 heteroatoms. The summed E-state index contributed by atoms with van der Waals surface area (Å²) in [6, 6.07) is 14.5. The lowest BCUT2D eigenvalue weighted by atomic mass is 10.1. The minimum Gasteiger partial charge on any atom is -0.484 e. The van der Waals surface area contributed by atoms with Crippen molar-refractivity contribution in [1.82, 2.24) is 14.7 Å². The molecule has 0 atom stereocenters. The van der Waals surface area contributed by atoms with Crippen LogP contribution in [0.15, 0.2) is 54.6 Å². The van der Waals surface area contributed by atoms with Gasteiger partial charge in [0.25, 0.3) is 5.91 Å². The van der Waals surface area contributed by atoms with E-state index in [1.165, 1.54) is 11.0 Å². The van der Waals surface area contributed by atoms with Gasteiger partial charge in [-0.2, -0.15) is 5.10 Å². The number of hydrogen-bond acceptors (Lipinski definition) is 4. The predicted octanol–water partition coefficient (Wildman–Crippen LogP) is 4.32. The lowest BCUT2D eigenvalue weighted by Crippen LogP contribution is -2.27. The molecule has 172 valence electrons. The highest BCUT2D eigenvalue weighted by atomic mass is 35.5. The molecular weight excluding hydrogens is 440 g/mol. The summed E-state index contributed by atoms with van der Waals surface area (Å²) in [4.78, 5) is 25.5. The van der Waals surface area contributed by atoms with Crippen LogP contribution in [0.1, 0.15) is 22.5 Å². The Hall–Kier alpha value is -3.58. The van der Waals surface area contributed by atoms with Crippen LogP contribution in [0, 0.1) is 13.8 Å². The van der Waals surface area contributed by atoms with E-state index in [0.717, 1.165) is 22.5 Å². The fraction of sp³-hybridized carbons (Fsp3) is 0.240. The van der Waals surface area contributed by atoms with E-state index < -0.39 is 0 Å². The first-order valence-corrected chi connectivity index (χ1v) is 10.8. The molecule has 0 saturated heterocycles. The molecule has 1 N–H and O–H groups in total. The third-order valence-corrected chi connectivity index (χ3v) is 5.47. The van der Waals surface area contributed by atoms with Crippen LogP contribution >= 0.6 is 11.6 Å². The smallest absolute Gasteiger partial charge is 0.259 e. The third kappa shape index (κ3) is 6.46. The number of hydrogen-bond donors (Lipinski definition) is 1. The van der Waals surface area contributed by atoms with Crippen LogP contribution in [0.3, 0.4) is 0 Å². The van der Waals surface area contributed by atoms with Crippen molar-refractivity contribution in [2.24, 2.45) is 0 Å². The summed E-state index contributed by atoms with van der Waals surface area (Å²) in [6.07, 6.45) is 3.25. The summed E-state index contributed by atoms with van der Waals surface area (Å²) >= 11 is 6.27. The van der Waals surface area contributed by atoms with Gasteiger partial charge in [-0.15, -0.1) is 0 Å². The summed E-state index contributed by atoms with van der Waals surface area (Å²) in [6.45, 7) is 4.40. The quantitative estimate of drug-likeness (QED) is 0.501. The van der Waals surface area contributed by atoms with E-state index in [2.05, 4.69) is 10.4 Å². The fourth-order valence-electron chi connectivity index (χ4n) is 3.15. The van der Waals surface area contributed by atoms with E-state index in [4.69, 9.17) is 16.3 Å². The van der Waals surface area contributed by atoms with E-state index in [1.54, 1.807) is 44.4 Å². The molecule has 0 aliphatic rings. The van der Waals surface area contributed by atoms with Gasteiger partial charge in [0.05, 0.1) is 12.2 Å². The Morgan fingerprint density at radius 2 is 1.82 bits per heavy atom. The highest BCUT2D eigenvalue weighted by molar-refractivity contribution is 6.31. The minimum absolute atomic E-state index is 0.0374. The molecule has 2 aromatic carbocycles. The maximum absolute atomic E-state index is 12.4. The van der Waals surface area contributed by atoms with Crippen LogP contribution in [-0.2, 0) is 16.1 Å². The van der Waals surface area contributed by atoms with Crippen molar-refractivity contribution in [3.8, 4) is 5.75 Å². The molecular formula is C25H27ClN4O3. The summed E-state index contributed by atoms with van der Waals surface area (Å²) in [5.41, 5.74) is 4.28. The van der Waals surface area contributed by atoms with E-state index in [1.807, 2.05) is 42.8 Å². The second-order valence-electron chi connectivity index (χ2n) is 7.76. The maximum Gasteiger partial charge on any atom is 0.259 e. The molecule has 7 nitrogen and oxygen atoms in total. The van der Waals surface area contributed by atoms with Crippen LogP contribution in [0.5, 0.6) is 5.75 Å². The average molecular weight is 467 g/mol. The van der Waals surface area contributed by atoms with Gasteiger partial charge >= 0.3 is 0 Å². The fourth-order valence-corrected chi connectivity index (χ4v) is 3.34. The third-order valence-electron chi connectivity index (χ3n) is 5.10. The van der Waals surface area contributed by atoms with Gasteiger partial charge in [0, 0.05) is 42.1 Å². The van der Waals surface area contributed by atoms with Gasteiger partial charge in [0.15, 0.2) is 6.61 Å². The zero-order valence-electron chi connectivity index (χ0n) is 19.1. The predicted molar refractivity (Wildman–Crippen MR) is 131 cm³/mol. The number of benzene rings is 2. The van der Waals surface area contributed by atoms with Crippen molar-refractivity contribution in [2.75, 3.05) is 26.0 Å². The van der Waals surface area contributed by atoms with Gasteiger partial charge in [-0.05, 0) is 55.8 Å². The number of nitrogens with one attached hydrogen (secondary N) is 1. The van der Waals surface area contributed by atoms with Crippen molar-refractivity contribution in [2.45, 2.75) is 20.4 Å². The van der Waals surface area contributed by atoms with Crippen molar-refractivity contribution in [3.05, 3.63) is 82.1 Å². The molecule has 0 unspecified atom stereocenters. The molecule has 0 fully saturated rings. The van der Waals surface area contributed by atoms with Crippen LogP contribution in [0.25, 0.3) is 6.08 Å². The molecule has 0 spiro atoms. The molecule has 1 heterocycles. The first-order chi connectivity index (χ1) is 15.7. The summed E-state index contributed by atoms with van der Waals surface area (Å²) < 4.78 is 7.32. The number of nitrogens with zero attached hydrogens (tertiary/aromatic N) is 3. The van der Waals surface area contributed by atoms with Crippen LogP contribution in [0.2, 0.25) is 5.02 Å². The van der Waals surface area contributed by atoms with Gasteiger partial charge in [0.2, 0.25) is 5.91 Å². The molecule has 0 aliphatic carbocycles. The number of likely N-dealkylation sites (N-methyl/N-ethyl adjacent to an activating group) is 1. The number of ether oxygens (including phenoxy) is 1. The normalized spacial score (nSPS) is 10.9. The topological polar surface area (TPSA) is 76.5 Å². The Kier molecular flexibility index (Phi) is 7.90. The van der Waals surface area contributed by atoms with Gasteiger partial charge < -0.3 is 15.0 Å². The molecule has 0 aliphatic heterocycles. The Balaban J connectivity index is 1.61. The lowest BCUT2D eigenvalue weighted by Gasteiger charge is -2.11. The number of aryl methyl sites for hydroxylation is 1. The van der Waals surface area contributed by atoms with Crippen LogP contribution < -0.4 is 10.1 Å². The summed E-state index contributed by atoms with van der Waals surface area (Å²) in [7, 11) is 3.34. The standard InChI is InChI=1S/C25H27ClN4O3/c1-17-22(18(2)30(28-17)15-19-7-5-6-8-23(19)26)13-14-24(31)27-20-9-11-21(12-10-20)33-16-25(32)29(3)4/h5-14H,15-16H2,1-4H3,(H,27,31)/b14-13+. The van der Waals surface area contributed by atoms with Crippen molar-refractivity contribution >= 4 is 35.2 Å². The second-order valence-corrected chi connectivity index (χ2v) is 8.16. The number of amides is 2. The van der Waals surface area contributed by atoms with Gasteiger partial charge in [-0.1, -0.05) is 29.8 Å². The summed E-state index contributed by atoms with van der Waals surface area (Å²) in [5.74, 6) is 0.165. The number of rotatable bonds is 8. The zero-order chi connectivity index (χ0) is 24.0. The number of carbonyl (C=O) groups is 2. The highest BCUT2D eigenvalue weighted by Gasteiger charge is 2.11. The average Bonchev–Trinajstić information content (AvgIpc) is 3.05. The number of halogens is 1. The number of aromatic nitrogens is 2. The molecule has 3 aromatic rings. The molecule has 0 radical (unpaired) electrons.